The fourth-order valence-corrected chi connectivity index (χ4v) is 8.49. The van der Waals surface area contributed by atoms with Crippen LogP contribution in [0.3, 0.4) is 0 Å². The third kappa shape index (κ3) is 4.22. The third-order valence-corrected chi connectivity index (χ3v) is 10.7. The van der Waals surface area contributed by atoms with E-state index in [-0.39, 0.29) is 5.37 Å². The lowest BCUT2D eigenvalue weighted by Gasteiger charge is -2.13. The van der Waals surface area contributed by atoms with E-state index in [1.807, 2.05) is 23.9 Å². The molecule has 3 nitrogen and oxygen atoms in total. The number of furan rings is 1. The average molecular weight is 621 g/mol. The first kappa shape index (κ1) is 26.5. The molecule has 0 amide bonds. The molecule has 3 heterocycles. The number of benzene rings is 7. The molecule has 0 bridgehead atoms. The van der Waals surface area contributed by atoms with Gasteiger partial charge in [-0.15, -0.1) is 0 Å². The van der Waals surface area contributed by atoms with Gasteiger partial charge in [0.1, 0.15) is 16.5 Å². The van der Waals surface area contributed by atoms with Crippen LogP contribution in [0.2, 0.25) is 0 Å². The summed E-state index contributed by atoms with van der Waals surface area (Å²) < 4.78 is 8.56. The molecule has 1 N–H and O–H groups in total. The Morgan fingerprint density at radius 1 is 0.511 bits per heavy atom. The fourth-order valence-electron chi connectivity index (χ4n) is 7.20. The Bertz CT molecular complexity index is 2630. The van der Waals surface area contributed by atoms with Gasteiger partial charge in [-0.3, -0.25) is 0 Å². The van der Waals surface area contributed by atoms with Crippen molar-refractivity contribution >= 4 is 61.2 Å². The summed E-state index contributed by atoms with van der Waals surface area (Å²) >= 11 is 1.87. The maximum Gasteiger partial charge on any atom is 0.136 e. The molecule has 0 fully saturated rings. The fraction of sp³-hybridized carbons (Fsp3) is 0.0233. The Kier molecular flexibility index (Phi) is 5.87. The summed E-state index contributed by atoms with van der Waals surface area (Å²) in [6.07, 6.45) is 0. The van der Waals surface area contributed by atoms with Crippen molar-refractivity contribution in [2.75, 3.05) is 5.32 Å². The summed E-state index contributed by atoms with van der Waals surface area (Å²) in [6, 6.07) is 56.6. The minimum absolute atomic E-state index is 0.139. The number of fused-ring (bicyclic) bond motifs is 8. The Morgan fingerprint density at radius 3 is 2.11 bits per heavy atom. The van der Waals surface area contributed by atoms with Gasteiger partial charge < -0.3 is 14.3 Å². The van der Waals surface area contributed by atoms with E-state index in [0.29, 0.717) is 0 Å². The van der Waals surface area contributed by atoms with Crippen LogP contribution < -0.4 is 5.32 Å². The van der Waals surface area contributed by atoms with Gasteiger partial charge in [0.2, 0.25) is 0 Å². The van der Waals surface area contributed by atoms with Crippen molar-refractivity contribution < 1.29 is 4.42 Å². The quantitative estimate of drug-likeness (QED) is 0.212. The molecule has 4 heteroatoms. The van der Waals surface area contributed by atoms with Crippen LogP contribution >= 0.6 is 11.8 Å². The van der Waals surface area contributed by atoms with Crippen molar-refractivity contribution in [3.8, 4) is 27.9 Å². The number of para-hydroxylation sites is 2. The predicted molar refractivity (Wildman–Crippen MR) is 198 cm³/mol. The lowest BCUT2D eigenvalue weighted by atomic mass is 10.0. The van der Waals surface area contributed by atoms with Crippen LogP contribution in [0.5, 0.6) is 0 Å². The number of anilines is 1. The van der Waals surface area contributed by atoms with Gasteiger partial charge in [0.15, 0.2) is 0 Å². The Balaban J connectivity index is 1.02. The minimum Gasteiger partial charge on any atom is -0.456 e. The van der Waals surface area contributed by atoms with Crippen LogP contribution in [0, 0.1) is 0 Å². The molecule has 47 heavy (non-hydrogen) atoms. The number of hydrogen-bond acceptors (Lipinski definition) is 3. The normalized spacial score (nSPS) is 14.3. The number of rotatable bonds is 4. The second-order valence-electron chi connectivity index (χ2n) is 12.2. The molecule has 1 atom stereocenters. The van der Waals surface area contributed by atoms with E-state index in [2.05, 4.69) is 155 Å². The van der Waals surface area contributed by atoms with Crippen molar-refractivity contribution in [3.05, 3.63) is 163 Å². The molecule has 0 saturated heterocycles. The minimum atomic E-state index is 0.139. The van der Waals surface area contributed by atoms with E-state index in [4.69, 9.17) is 4.42 Å². The van der Waals surface area contributed by atoms with Crippen molar-refractivity contribution in [1.29, 1.82) is 0 Å². The first-order valence-corrected chi connectivity index (χ1v) is 16.8. The second kappa shape index (κ2) is 10.4. The number of aromatic nitrogens is 1. The number of nitrogens with one attached hydrogen (secondary N) is 1. The highest BCUT2D eigenvalue weighted by Gasteiger charge is 2.27. The summed E-state index contributed by atoms with van der Waals surface area (Å²) in [6.45, 7) is 0. The van der Waals surface area contributed by atoms with E-state index < -0.39 is 0 Å². The summed E-state index contributed by atoms with van der Waals surface area (Å²) in [7, 11) is 0. The molecule has 10 rings (SSSR count). The summed E-state index contributed by atoms with van der Waals surface area (Å²) in [5.41, 5.74) is 12.7. The largest absolute Gasteiger partial charge is 0.456 e. The molecule has 222 valence electrons. The van der Waals surface area contributed by atoms with E-state index in [0.717, 1.165) is 22.5 Å². The summed E-state index contributed by atoms with van der Waals surface area (Å²) in [5.74, 6) is 0. The van der Waals surface area contributed by atoms with Gasteiger partial charge in [-0.2, -0.15) is 0 Å². The molecule has 0 radical (unpaired) electrons. The summed E-state index contributed by atoms with van der Waals surface area (Å²) in [5, 5.41) is 8.79. The molecular formula is C43H28N2OS. The van der Waals surface area contributed by atoms with Crippen molar-refractivity contribution in [3.63, 3.8) is 0 Å². The van der Waals surface area contributed by atoms with E-state index in [9.17, 15) is 0 Å². The maximum atomic E-state index is 6.15. The van der Waals surface area contributed by atoms with Crippen LogP contribution in [-0.4, -0.2) is 4.57 Å². The third-order valence-electron chi connectivity index (χ3n) is 9.45. The zero-order valence-electron chi connectivity index (χ0n) is 25.4. The van der Waals surface area contributed by atoms with Gasteiger partial charge in [-0.05, 0) is 70.3 Å². The number of thioether (sulfide) groups is 1. The Labute approximate surface area is 276 Å². The van der Waals surface area contributed by atoms with Crippen molar-refractivity contribution in [2.24, 2.45) is 0 Å². The molecular weight excluding hydrogens is 593 g/mol. The van der Waals surface area contributed by atoms with Gasteiger partial charge in [-0.1, -0.05) is 127 Å². The molecule has 1 aliphatic heterocycles. The lowest BCUT2D eigenvalue weighted by Crippen LogP contribution is -2.00. The van der Waals surface area contributed by atoms with Crippen LogP contribution in [0.4, 0.5) is 5.69 Å². The smallest absolute Gasteiger partial charge is 0.136 e. The topological polar surface area (TPSA) is 30.1 Å². The van der Waals surface area contributed by atoms with Gasteiger partial charge in [0.05, 0.1) is 11.0 Å². The first-order valence-electron chi connectivity index (χ1n) is 16.0. The molecule has 0 spiro atoms. The van der Waals surface area contributed by atoms with E-state index >= 15 is 0 Å². The number of nitrogens with zero attached hydrogens (tertiary/aromatic N) is 1. The highest BCUT2D eigenvalue weighted by molar-refractivity contribution is 8.00. The van der Waals surface area contributed by atoms with Crippen LogP contribution in [0.25, 0.3) is 71.7 Å². The molecule has 1 unspecified atom stereocenters. The standard InChI is InChI=1S/C43H28N2OS/c1-2-9-27(10-3-1)30-11-8-12-32(25-30)45-37-15-6-4-13-33(37)34-22-21-31(26-38(34)45)28-17-19-29(20-18-28)43-44-36-23-24-40-41(42(36)47-43)35-14-5-7-16-39(35)46-40/h1-26,43-44H. The Hall–Kier alpha value is -5.71. The van der Waals surface area contributed by atoms with Gasteiger partial charge >= 0.3 is 0 Å². The summed E-state index contributed by atoms with van der Waals surface area (Å²) in [4.78, 5) is 1.26. The zero-order chi connectivity index (χ0) is 30.9. The molecule has 1 aliphatic rings. The molecule has 2 aromatic heterocycles. The molecule has 0 aliphatic carbocycles. The van der Waals surface area contributed by atoms with Crippen LogP contribution in [0.1, 0.15) is 10.9 Å². The van der Waals surface area contributed by atoms with Crippen molar-refractivity contribution in [2.45, 2.75) is 10.3 Å². The van der Waals surface area contributed by atoms with Crippen LogP contribution in [-0.2, 0) is 0 Å². The van der Waals surface area contributed by atoms with Gasteiger partial charge in [0, 0.05) is 37.8 Å². The highest BCUT2D eigenvalue weighted by atomic mass is 32.2. The predicted octanol–water partition coefficient (Wildman–Crippen LogP) is 12.2. The van der Waals surface area contributed by atoms with E-state index in [1.54, 1.807) is 0 Å². The van der Waals surface area contributed by atoms with Gasteiger partial charge in [-0.25, -0.2) is 0 Å². The lowest BCUT2D eigenvalue weighted by molar-refractivity contribution is 0.668. The SMILES string of the molecule is c1ccc(-c2cccc(-n3c4ccccc4c4ccc(-c5ccc(C6Nc7ccc8oc9ccccc9c8c7S6)cc5)cc43)c2)cc1. The zero-order valence-corrected chi connectivity index (χ0v) is 26.2. The second-order valence-corrected chi connectivity index (χ2v) is 13.3. The molecule has 9 aromatic rings. The molecule has 7 aromatic carbocycles. The molecule has 0 saturated carbocycles. The van der Waals surface area contributed by atoms with E-state index in [1.165, 1.54) is 65.3 Å². The number of hydrogen-bond donors (Lipinski definition) is 1. The monoisotopic (exact) mass is 620 g/mol. The first-order chi connectivity index (χ1) is 23.3. The van der Waals surface area contributed by atoms with Gasteiger partial charge in [0.25, 0.3) is 0 Å². The van der Waals surface area contributed by atoms with Crippen molar-refractivity contribution in [1.82, 2.24) is 4.57 Å². The Morgan fingerprint density at radius 2 is 1.21 bits per heavy atom. The average Bonchev–Trinajstić information content (AvgIpc) is 3.83. The van der Waals surface area contributed by atoms with Crippen LogP contribution in [0.15, 0.2) is 167 Å². The highest BCUT2D eigenvalue weighted by Crippen LogP contribution is 2.51. The maximum absolute atomic E-state index is 6.15.